The minimum absolute atomic E-state index is 0.260. The van der Waals surface area contributed by atoms with Crippen LogP contribution in [0.3, 0.4) is 0 Å². The summed E-state index contributed by atoms with van der Waals surface area (Å²) in [6.07, 6.45) is 1.46. The van der Waals surface area contributed by atoms with Crippen LogP contribution in [0.5, 0.6) is 0 Å². The molecule has 1 N–H and O–H groups in total. The molecule has 0 bridgehead atoms. The van der Waals surface area contributed by atoms with Crippen molar-refractivity contribution in [3.05, 3.63) is 35.5 Å². The number of furan rings is 1. The van der Waals surface area contributed by atoms with Crippen LogP contribution in [0, 0.1) is 13.8 Å². The van der Waals surface area contributed by atoms with Crippen molar-refractivity contribution in [2.45, 2.75) is 13.8 Å². The molecular weight excluding hydrogens is 244 g/mol. The average Bonchev–Trinajstić information content (AvgIpc) is 2.86. The molecule has 0 aliphatic heterocycles. The van der Waals surface area contributed by atoms with Crippen LogP contribution >= 0.6 is 0 Å². The molecule has 0 fully saturated rings. The molecule has 0 radical (unpaired) electrons. The molecule has 0 aliphatic carbocycles. The largest absolute Gasteiger partial charge is 0.459 e. The molecule has 19 heavy (non-hydrogen) atoms. The van der Waals surface area contributed by atoms with E-state index in [2.05, 4.69) is 15.3 Å². The second-order valence-corrected chi connectivity index (χ2v) is 4.40. The van der Waals surface area contributed by atoms with Crippen LogP contribution < -0.4 is 10.2 Å². The van der Waals surface area contributed by atoms with Gasteiger partial charge in [-0.3, -0.25) is 4.79 Å². The van der Waals surface area contributed by atoms with E-state index in [-0.39, 0.29) is 11.7 Å². The molecule has 2 heterocycles. The highest BCUT2D eigenvalue weighted by atomic mass is 16.3. The zero-order valence-corrected chi connectivity index (χ0v) is 11.4. The van der Waals surface area contributed by atoms with Gasteiger partial charge in [-0.05, 0) is 26.0 Å². The monoisotopic (exact) mass is 260 g/mol. The fourth-order valence-corrected chi connectivity index (χ4v) is 1.66. The Morgan fingerprint density at radius 1 is 1.26 bits per heavy atom. The predicted octanol–water partition coefficient (Wildman–Crippen LogP) is 2.00. The van der Waals surface area contributed by atoms with E-state index in [1.54, 1.807) is 12.1 Å². The molecule has 0 spiro atoms. The summed E-state index contributed by atoms with van der Waals surface area (Å²) < 4.78 is 5.05. The van der Waals surface area contributed by atoms with Gasteiger partial charge in [0.15, 0.2) is 5.76 Å². The van der Waals surface area contributed by atoms with Crippen LogP contribution in [0.25, 0.3) is 0 Å². The van der Waals surface area contributed by atoms with E-state index in [0.29, 0.717) is 11.6 Å². The molecule has 1 amide bonds. The average molecular weight is 260 g/mol. The first-order valence-corrected chi connectivity index (χ1v) is 5.86. The Kier molecular flexibility index (Phi) is 3.50. The van der Waals surface area contributed by atoms with Gasteiger partial charge in [-0.1, -0.05) is 0 Å². The van der Waals surface area contributed by atoms with Crippen molar-refractivity contribution in [1.29, 1.82) is 0 Å². The highest BCUT2D eigenvalue weighted by molar-refractivity contribution is 6.02. The number of rotatable bonds is 3. The highest BCUT2D eigenvalue weighted by Gasteiger charge is 2.15. The SMILES string of the molecule is Cc1nc(N(C)C)nc(C)c1NC(=O)c1ccco1. The Hall–Kier alpha value is -2.37. The summed E-state index contributed by atoms with van der Waals surface area (Å²) >= 11 is 0. The summed E-state index contributed by atoms with van der Waals surface area (Å²) in [5.74, 6) is 0.568. The number of amides is 1. The van der Waals surface area contributed by atoms with E-state index >= 15 is 0 Å². The summed E-state index contributed by atoms with van der Waals surface area (Å²) in [5.41, 5.74) is 2.05. The quantitative estimate of drug-likeness (QED) is 0.914. The molecule has 100 valence electrons. The van der Waals surface area contributed by atoms with Crippen molar-refractivity contribution in [3.8, 4) is 0 Å². The lowest BCUT2D eigenvalue weighted by atomic mass is 10.2. The molecule has 0 saturated heterocycles. The van der Waals surface area contributed by atoms with Gasteiger partial charge in [-0.25, -0.2) is 9.97 Å². The number of aryl methyl sites for hydroxylation is 2. The molecule has 0 aromatic carbocycles. The van der Waals surface area contributed by atoms with Crippen LogP contribution in [0.4, 0.5) is 11.6 Å². The Labute approximate surface area is 111 Å². The number of aromatic nitrogens is 2. The molecule has 0 unspecified atom stereocenters. The van der Waals surface area contributed by atoms with Crippen LogP contribution in [-0.2, 0) is 0 Å². The van der Waals surface area contributed by atoms with E-state index in [9.17, 15) is 4.79 Å². The van der Waals surface area contributed by atoms with Gasteiger partial charge in [0.1, 0.15) is 0 Å². The van der Waals surface area contributed by atoms with E-state index in [1.807, 2.05) is 32.8 Å². The third-order valence-corrected chi connectivity index (χ3v) is 2.64. The third kappa shape index (κ3) is 2.73. The topological polar surface area (TPSA) is 71.3 Å². The second kappa shape index (κ2) is 5.09. The van der Waals surface area contributed by atoms with Crippen LogP contribution in [0.15, 0.2) is 22.8 Å². The molecule has 6 nitrogen and oxygen atoms in total. The lowest BCUT2D eigenvalue weighted by molar-refractivity contribution is 0.0996. The fraction of sp³-hybridized carbons (Fsp3) is 0.308. The van der Waals surface area contributed by atoms with E-state index < -0.39 is 0 Å². The number of anilines is 2. The molecule has 0 saturated carbocycles. The number of hydrogen-bond acceptors (Lipinski definition) is 5. The Balaban J connectivity index is 2.28. The zero-order chi connectivity index (χ0) is 14.0. The smallest absolute Gasteiger partial charge is 0.291 e. The van der Waals surface area contributed by atoms with Crippen molar-refractivity contribution in [2.24, 2.45) is 0 Å². The summed E-state index contributed by atoms with van der Waals surface area (Å²) in [5, 5.41) is 2.77. The van der Waals surface area contributed by atoms with E-state index in [4.69, 9.17) is 4.42 Å². The first kappa shape index (κ1) is 13.1. The van der Waals surface area contributed by atoms with Crippen molar-refractivity contribution in [1.82, 2.24) is 9.97 Å². The van der Waals surface area contributed by atoms with E-state index in [0.717, 1.165) is 11.4 Å². The Bertz CT molecular complexity index is 568. The van der Waals surface area contributed by atoms with Crippen molar-refractivity contribution in [3.63, 3.8) is 0 Å². The predicted molar refractivity (Wildman–Crippen MR) is 72.5 cm³/mol. The number of carbonyl (C=O) groups excluding carboxylic acids is 1. The molecule has 6 heteroatoms. The minimum atomic E-state index is -0.308. The van der Waals surface area contributed by atoms with Crippen LogP contribution in [0.2, 0.25) is 0 Å². The first-order valence-electron chi connectivity index (χ1n) is 5.86. The van der Waals surface area contributed by atoms with Crippen molar-refractivity contribution >= 4 is 17.5 Å². The van der Waals surface area contributed by atoms with Gasteiger partial charge in [0, 0.05) is 14.1 Å². The number of carbonyl (C=O) groups is 1. The molecule has 2 aromatic rings. The zero-order valence-electron chi connectivity index (χ0n) is 11.4. The summed E-state index contributed by atoms with van der Waals surface area (Å²) in [6.45, 7) is 3.67. The minimum Gasteiger partial charge on any atom is -0.459 e. The van der Waals surface area contributed by atoms with Crippen LogP contribution in [0.1, 0.15) is 21.9 Å². The lowest BCUT2D eigenvalue weighted by Gasteiger charge is -2.15. The summed E-state index contributed by atoms with van der Waals surface area (Å²) in [6, 6.07) is 3.27. The Morgan fingerprint density at radius 3 is 2.37 bits per heavy atom. The van der Waals surface area contributed by atoms with Gasteiger partial charge >= 0.3 is 0 Å². The Morgan fingerprint density at radius 2 is 1.89 bits per heavy atom. The molecule has 0 atom stereocenters. The van der Waals surface area contributed by atoms with Gasteiger partial charge in [0.2, 0.25) is 5.95 Å². The van der Waals surface area contributed by atoms with E-state index in [1.165, 1.54) is 6.26 Å². The van der Waals surface area contributed by atoms with Gasteiger partial charge < -0.3 is 14.6 Å². The van der Waals surface area contributed by atoms with Gasteiger partial charge in [0.05, 0.1) is 23.3 Å². The van der Waals surface area contributed by atoms with Crippen molar-refractivity contribution < 1.29 is 9.21 Å². The normalized spacial score (nSPS) is 10.3. The molecule has 2 rings (SSSR count). The lowest BCUT2D eigenvalue weighted by Crippen LogP contribution is -2.18. The first-order chi connectivity index (χ1) is 8.99. The maximum absolute atomic E-state index is 11.9. The highest BCUT2D eigenvalue weighted by Crippen LogP contribution is 2.20. The van der Waals surface area contributed by atoms with Crippen molar-refractivity contribution in [2.75, 3.05) is 24.3 Å². The summed E-state index contributed by atoms with van der Waals surface area (Å²) in [4.78, 5) is 22.4. The maximum atomic E-state index is 11.9. The van der Waals surface area contributed by atoms with Gasteiger partial charge in [0.25, 0.3) is 5.91 Å². The summed E-state index contributed by atoms with van der Waals surface area (Å²) in [7, 11) is 3.74. The maximum Gasteiger partial charge on any atom is 0.291 e. The van der Waals surface area contributed by atoms with Gasteiger partial charge in [-0.15, -0.1) is 0 Å². The standard InChI is InChI=1S/C13H16N4O2/c1-8-11(9(2)15-13(14-8)17(3)4)16-12(18)10-6-5-7-19-10/h5-7H,1-4H3,(H,16,18). The second-order valence-electron chi connectivity index (χ2n) is 4.40. The number of hydrogen-bond donors (Lipinski definition) is 1. The molecular formula is C13H16N4O2. The molecule has 2 aromatic heterocycles. The molecule has 0 aliphatic rings. The number of nitrogens with zero attached hydrogens (tertiary/aromatic N) is 3. The van der Waals surface area contributed by atoms with Gasteiger partial charge in [-0.2, -0.15) is 0 Å². The van der Waals surface area contributed by atoms with Crippen LogP contribution in [-0.4, -0.2) is 30.0 Å². The fourth-order valence-electron chi connectivity index (χ4n) is 1.66. The number of nitrogens with one attached hydrogen (secondary N) is 1. The third-order valence-electron chi connectivity index (χ3n) is 2.64.